The van der Waals surface area contributed by atoms with E-state index in [2.05, 4.69) is 10.3 Å². The van der Waals surface area contributed by atoms with Gasteiger partial charge >= 0.3 is 0 Å². The summed E-state index contributed by atoms with van der Waals surface area (Å²) < 4.78 is 0. The molecule has 0 unspecified atom stereocenters. The number of carbonyl (C=O) groups is 2. The fraction of sp³-hybridized carbons (Fsp3) is 0.611. The van der Waals surface area contributed by atoms with Crippen LogP contribution in [0.1, 0.15) is 55.4 Å². The maximum absolute atomic E-state index is 12.6. The molecule has 1 amide bonds. The number of nitrogens with one attached hydrogen (secondary N) is 1. The second-order valence-corrected chi connectivity index (χ2v) is 6.54. The summed E-state index contributed by atoms with van der Waals surface area (Å²) in [5.41, 5.74) is 0.456. The van der Waals surface area contributed by atoms with Crippen LogP contribution in [0.3, 0.4) is 0 Å². The van der Waals surface area contributed by atoms with Crippen molar-refractivity contribution in [2.45, 2.75) is 57.0 Å². The lowest BCUT2D eigenvalue weighted by Gasteiger charge is -2.26. The van der Waals surface area contributed by atoms with Crippen LogP contribution in [0.15, 0.2) is 24.4 Å². The fourth-order valence-electron chi connectivity index (χ4n) is 3.66. The normalized spacial score (nSPS) is 22.3. The molecule has 1 saturated carbocycles. The summed E-state index contributed by atoms with van der Waals surface area (Å²) in [6.45, 7) is 1.02. The zero-order valence-electron chi connectivity index (χ0n) is 13.5. The molecule has 124 valence electrons. The molecule has 0 bridgehead atoms. The Balaban J connectivity index is 1.57. The summed E-state index contributed by atoms with van der Waals surface area (Å²) in [5, 5.41) is 3.38. The molecule has 0 spiro atoms. The van der Waals surface area contributed by atoms with Gasteiger partial charge in [0.25, 0.3) is 0 Å². The van der Waals surface area contributed by atoms with Gasteiger partial charge in [-0.15, -0.1) is 0 Å². The number of Topliss-reactive ketones (excluding diaryl/α,β-unsaturated/α-hetero) is 1. The molecule has 1 aliphatic carbocycles. The van der Waals surface area contributed by atoms with Crippen LogP contribution in [-0.2, 0) is 4.79 Å². The highest BCUT2D eigenvalue weighted by molar-refractivity contribution is 6.00. The van der Waals surface area contributed by atoms with Crippen LogP contribution in [0.2, 0.25) is 0 Å². The quantitative estimate of drug-likeness (QED) is 0.846. The van der Waals surface area contributed by atoms with Gasteiger partial charge in [0.05, 0.1) is 12.6 Å². The van der Waals surface area contributed by atoms with Crippen LogP contribution < -0.4 is 5.32 Å². The summed E-state index contributed by atoms with van der Waals surface area (Å²) in [6, 6.07) is 5.45. The summed E-state index contributed by atoms with van der Waals surface area (Å²) in [5.74, 6) is 0.0106. The Kier molecular flexibility index (Phi) is 5.39. The lowest BCUT2D eigenvalue weighted by atomic mass is 9.95. The molecular formula is C18H25N3O2. The minimum absolute atomic E-state index is 0.0332. The molecule has 1 N–H and O–H groups in total. The molecule has 1 atom stereocenters. The Morgan fingerprint density at radius 1 is 1.13 bits per heavy atom. The van der Waals surface area contributed by atoms with E-state index in [1.165, 1.54) is 19.3 Å². The van der Waals surface area contributed by atoms with E-state index in [9.17, 15) is 9.59 Å². The third-order valence-corrected chi connectivity index (χ3v) is 4.94. The third-order valence-electron chi connectivity index (χ3n) is 4.94. The van der Waals surface area contributed by atoms with Gasteiger partial charge in [0.2, 0.25) is 11.7 Å². The van der Waals surface area contributed by atoms with Crippen molar-refractivity contribution in [3.63, 3.8) is 0 Å². The summed E-state index contributed by atoms with van der Waals surface area (Å²) >= 11 is 0. The zero-order chi connectivity index (χ0) is 16.1. The minimum atomic E-state index is -0.342. The average molecular weight is 315 g/mol. The smallest absolute Gasteiger partial charge is 0.237 e. The van der Waals surface area contributed by atoms with Gasteiger partial charge in [-0.2, -0.15) is 0 Å². The average Bonchev–Trinajstić information content (AvgIpc) is 3.10. The van der Waals surface area contributed by atoms with Crippen LogP contribution in [0.4, 0.5) is 0 Å². The van der Waals surface area contributed by atoms with E-state index in [1.807, 2.05) is 6.07 Å². The number of rotatable bonds is 5. The maximum atomic E-state index is 12.6. The van der Waals surface area contributed by atoms with Gasteiger partial charge in [0, 0.05) is 18.8 Å². The molecule has 5 heteroatoms. The number of hydrogen-bond acceptors (Lipinski definition) is 4. The summed E-state index contributed by atoms with van der Waals surface area (Å²) in [7, 11) is 0. The van der Waals surface area contributed by atoms with Crippen molar-refractivity contribution in [3.05, 3.63) is 30.1 Å². The molecular weight excluding hydrogens is 290 g/mol. The molecule has 1 aromatic rings. The lowest BCUT2D eigenvalue weighted by Crippen LogP contribution is -2.46. The van der Waals surface area contributed by atoms with Crippen LogP contribution in [0.5, 0.6) is 0 Å². The minimum Gasteiger partial charge on any atom is -0.331 e. The van der Waals surface area contributed by atoms with Gasteiger partial charge in [0.15, 0.2) is 0 Å². The molecule has 1 saturated heterocycles. The van der Waals surface area contributed by atoms with Crippen LogP contribution in [0.25, 0.3) is 0 Å². The third kappa shape index (κ3) is 3.96. The van der Waals surface area contributed by atoms with Gasteiger partial charge in [-0.1, -0.05) is 25.3 Å². The first kappa shape index (κ1) is 16.1. The molecule has 1 aromatic heterocycles. The van der Waals surface area contributed by atoms with Crippen molar-refractivity contribution in [1.82, 2.24) is 15.2 Å². The van der Waals surface area contributed by atoms with Crippen LogP contribution >= 0.6 is 0 Å². The van der Waals surface area contributed by atoms with Crippen molar-refractivity contribution < 1.29 is 9.59 Å². The van der Waals surface area contributed by atoms with Crippen molar-refractivity contribution in [2.24, 2.45) is 0 Å². The zero-order valence-corrected chi connectivity index (χ0v) is 13.5. The highest BCUT2D eigenvalue weighted by Crippen LogP contribution is 2.21. The van der Waals surface area contributed by atoms with Gasteiger partial charge in [0.1, 0.15) is 5.69 Å². The monoisotopic (exact) mass is 315 g/mol. The molecule has 0 aromatic carbocycles. The van der Waals surface area contributed by atoms with Gasteiger partial charge in [-0.25, -0.2) is 0 Å². The molecule has 1 aliphatic heterocycles. The van der Waals surface area contributed by atoms with Gasteiger partial charge in [-0.3, -0.25) is 14.6 Å². The molecule has 0 radical (unpaired) electrons. The predicted octanol–water partition coefficient (Wildman–Crippen LogP) is 2.18. The summed E-state index contributed by atoms with van der Waals surface area (Å²) in [6.07, 6.45) is 9.36. The second-order valence-electron chi connectivity index (χ2n) is 6.54. The number of ketones is 1. The molecule has 3 rings (SSSR count). The van der Waals surface area contributed by atoms with E-state index < -0.39 is 0 Å². The highest BCUT2D eigenvalue weighted by Gasteiger charge is 2.34. The predicted molar refractivity (Wildman–Crippen MR) is 88.2 cm³/mol. The Morgan fingerprint density at radius 2 is 1.96 bits per heavy atom. The first-order valence-electron chi connectivity index (χ1n) is 8.74. The van der Waals surface area contributed by atoms with Gasteiger partial charge in [-0.05, 0) is 37.8 Å². The van der Waals surface area contributed by atoms with Crippen molar-refractivity contribution in [1.29, 1.82) is 0 Å². The van der Waals surface area contributed by atoms with Crippen LogP contribution in [0, 0.1) is 0 Å². The highest BCUT2D eigenvalue weighted by atomic mass is 16.2. The molecule has 5 nitrogen and oxygen atoms in total. The summed E-state index contributed by atoms with van der Waals surface area (Å²) in [4.78, 5) is 31.0. The van der Waals surface area contributed by atoms with Crippen molar-refractivity contribution in [2.75, 3.05) is 13.1 Å². The molecule has 2 fully saturated rings. The topological polar surface area (TPSA) is 62.3 Å². The number of aromatic nitrogens is 1. The van der Waals surface area contributed by atoms with Crippen molar-refractivity contribution in [3.8, 4) is 0 Å². The Morgan fingerprint density at radius 3 is 2.70 bits per heavy atom. The van der Waals surface area contributed by atoms with Gasteiger partial charge < -0.3 is 10.2 Å². The van der Waals surface area contributed by atoms with E-state index >= 15 is 0 Å². The molecule has 23 heavy (non-hydrogen) atoms. The lowest BCUT2D eigenvalue weighted by molar-refractivity contribution is -0.130. The number of nitrogens with zero attached hydrogens (tertiary/aromatic N) is 2. The fourth-order valence-corrected chi connectivity index (χ4v) is 3.66. The number of carbonyl (C=O) groups excluding carboxylic acids is 2. The number of hydrogen-bond donors (Lipinski definition) is 1. The molecule has 2 aliphatic rings. The van der Waals surface area contributed by atoms with Crippen molar-refractivity contribution >= 4 is 11.7 Å². The Hall–Kier alpha value is -1.75. The molecule has 2 heterocycles. The SMILES string of the molecule is O=C(c1ccccn1)[C@@H]1CCCN1C(=O)CNC1CCCCC1. The first-order chi connectivity index (χ1) is 11.3. The van der Waals surface area contributed by atoms with Crippen LogP contribution in [-0.4, -0.2) is 46.7 Å². The van der Waals surface area contributed by atoms with E-state index in [0.717, 1.165) is 25.7 Å². The number of likely N-dealkylation sites (tertiary alicyclic amines) is 1. The van der Waals surface area contributed by atoms with E-state index in [4.69, 9.17) is 0 Å². The van der Waals surface area contributed by atoms with E-state index in [1.54, 1.807) is 23.2 Å². The Bertz CT molecular complexity index is 540. The Labute approximate surface area is 137 Å². The largest absolute Gasteiger partial charge is 0.331 e. The van der Waals surface area contributed by atoms with E-state index in [0.29, 0.717) is 24.8 Å². The number of pyridine rings is 1. The maximum Gasteiger partial charge on any atom is 0.237 e. The second kappa shape index (κ2) is 7.68. The van der Waals surface area contributed by atoms with E-state index in [-0.39, 0.29) is 17.7 Å². The first-order valence-corrected chi connectivity index (χ1v) is 8.74. The number of amides is 1. The standard InChI is InChI=1S/C18H25N3O2/c22-17(13-20-14-7-2-1-3-8-14)21-12-6-10-16(21)18(23)15-9-4-5-11-19-15/h4-5,9,11,14,16,20H,1-3,6-8,10,12-13H2/t16-/m0/s1.